The number of carboxylic acid groups (broad SMARTS) is 1. The molecule has 1 aromatic carbocycles. The predicted molar refractivity (Wildman–Crippen MR) is 97.7 cm³/mol. The van der Waals surface area contributed by atoms with Crippen molar-refractivity contribution < 1.29 is 19.8 Å². The van der Waals surface area contributed by atoms with E-state index in [1.807, 2.05) is 6.07 Å². The lowest BCUT2D eigenvalue weighted by Crippen LogP contribution is -2.14. The zero-order valence-corrected chi connectivity index (χ0v) is 14.7. The van der Waals surface area contributed by atoms with Crippen LogP contribution in [0.5, 0.6) is 5.75 Å². The zero-order valence-electron chi connectivity index (χ0n) is 13.9. The van der Waals surface area contributed by atoms with E-state index in [2.05, 4.69) is 17.2 Å². The summed E-state index contributed by atoms with van der Waals surface area (Å²) in [5, 5.41) is 21.1. The smallest absolute Gasteiger partial charge is 0.339 e. The summed E-state index contributed by atoms with van der Waals surface area (Å²) in [6.45, 7) is 2.15. The Bertz CT molecular complexity index is 732. The summed E-state index contributed by atoms with van der Waals surface area (Å²) in [5.74, 6) is -2.05. The predicted octanol–water partition coefficient (Wildman–Crippen LogP) is 3.89. The van der Waals surface area contributed by atoms with E-state index < -0.39 is 17.6 Å². The third kappa shape index (κ3) is 5.76. The number of anilines is 1. The molecule has 6 nitrogen and oxygen atoms in total. The minimum atomic E-state index is -1.23. The minimum absolute atomic E-state index is 0. The molecule has 1 heterocycles. The van der Waals surface area contributed by atoms with Crippen LogP contribution in [0, 0.1) is 0 Å². The molecule has 2 aromatic rings. The van der Waals surface area contributed by atoms with E-state index in [-0.39, 0.29) is 23.7 Å². The van der Waals surface area contributed by atoms with Crippen LogP contribution in [0.25, 0.3) is 0 Å². The van der Waals surface area contributed by atoms with E-state index in [1.54, 1.807) is 12.3 Å². The van der Waals surface area contributed by atoms with Crippen LogP contribution in [0.3, 0.4) is 0 Å². The molecule has 0 saturated heterocycles. The molecule has 0 atom stereocenters. The monoisotopic (exact) mass is 364 g/mol. The number of aromatic carboxylic acids is 1. The average molecular weight is 365 g/mol. The van der Waals surface area contributed by atoms with Gasteiger partial charge in [0.2, 0.25) is 0 Å². The summed E-state index contributed by atoms with van der Waals surface area (Å²) in [5.41, 5.74) is 1.43. The van der Waals surface area contributed by atoms with Crippen LogP contribution in [-0.4, -0.2) is 27.1 Å². The van der Waals surface area contributed by atoms with Crippen molar-refractivity contribution in [2.45, 2.75) is 32.6 Å². The zero-order chi connectivity index (χ0) is 17.5. The molecular formula is C18H21ClN2O4. The molecule has 0 aliphatic rings. The van der Waals surface area contributed by atoms with Crippen molar-refractivity contribution in [2.75, 3.05) is 5.32 Å². The number of amides is 1. The van der Waals surface area contributed by atoms with Crippen molar-refractivity contribution in [2.24, 2.45) is 0 Å². The molecule has 0 unspecified atom stereocenters. The Labute approximate surface area is 152 Å². The topological polar surface area (TPSA) is 99.5 Å². The van der Waals surface area contributed by atoms with E-state index in [0.717, 1.165) is 31.2 Å². The van der Waals surface area contributed by atoms with Crippen molar-refractivity contribution in [3.8, 4) is 5.75 Å². The van der Waals surface area contributed by atoms with Crippen LogP contribution in [0.4, 0.5) is 5.69 Å². The van der Waals surface area contributed by atoms with Crippen LogP contribution < -0.4 is 5.32 Å². The van der Waals surface area contributed by atoms with Gasteiger partial charge in [-0.25, -0.2) is 4.79 Å². The minimum Gasteiger partial charge on any atom is -0.507 e. The number of hydrogen-bond donors (Lipinski definition) is 3. The first-order valence-electron chi connectivity index (χ1n) is 7.84. The van der Waals surface area contributed by atoms with E-state index in [0.29, 0.717) is 5.69 Å². The average Bonchev–Trinajstić information content (AvgIpc) is 2.55. The number of halogens is 1. The van der Waals surface area contributed by atoms with Gasteiger partial charge in [0.15, 0.2) is 0 Å². The highest BCUT2D eigenvalue weighted by molar-refractivity contribution is 6.03. The van der Waals surface area contributed by atoms with Crippen molar-refractivity contribution >= 4 is 30.0 Å². The number of carbonyl (C=O) groups excluding carboxylic acids is 1. The van der Waals surface area contributed by atoms with E-state index in [9.17, 15) is 14.7 Å². The molecule has 2 rings (SSSR count). The second-order valence-corrected chi connectivity index (χ2v) is 5.50. The molecular weight excluding hydrogens is 344 g/mol. The number of hydrogen-bond acceptors (Lipinski definition) is 4. The summed E-state index contributed by atoms with van der Waals surface area (Å²) in [6, 6.07) is 7.38. The number of pyridine rings is 1. The van der Waals surface area contributed by atoms with Gasteiger partial charge in [-0.05, 0) is 36.6 Å². The van der Waals surface area contributed by atoms with Gasteiger partial charge in [-0.2, -0.15) is 0 Å². The summed E-state index contributed by atoms with van der Waals surface area (Å²) in [7, 11) is 0. The first-order valence-corrected chi connectivity index (χ1v) is 7.84. The van der Waals surface area contributed by atoms with E-state index in [1.165, 1.54) is 18.2 Å². The quantitative estimate of drug-likeness (QED) is 0.647. The largest absolute Gasteiger partial charge is 0.507 e. The fourth-order valence-electron chi connectivity index (χ4n) is 2.27. The number of aryl methyl sites for hydroxylation is 1. The second kappa shape index (κ2) is 9.64. The highest BCUT2D eigenvalue weighted by Gasteiger charge is 2.12. The molecule has 0 bridgehead atoms. The number of rotatable bonds is 7. The summed E-state index contributed by atoms with van der Waals surface area (Å²) < 4.78 is 0. The Morgan fingerprint density at radius 2 is 1.92 bits per heavy atom. The molecule has 3 N–H and O–H groups in total. The Morgan fingerprint density at radius 1 is 1.16 bits per heavy atom. The highest BCUT2D eigenvalue weighted by Crippen LogP contribution is 2.22. The molecule has 134 valence electrons. The van der Waals surface area contributed by atoms with Gasteiger partial charge in [-0.3, -0.25) is 9.78 Å². The van der Waals surface area contributed by atoms with Gasteiger partial charge in [-0.1, -0.05) is 25.8 Å². The van der Waals surface area contributed by atoms with Crippen LogP contribution in [0.1, 0.15) is 52.6 Å². The number of nitrogens with zero attached hydrogens (tertiary/aromatic N) is 1. The Morgan fingerprint density at radius 3 is 2.48 bits per heavy atom. The van der Waals surface area contributed by atoms with Crippen molar-refractivity contribution in [3.05, 3.63) is 53.3 Å². The lowest BCUT2D eigenvalue weighted by molar-refractivity contribution is 0.0693. The molecule has 0 aliphatic carbocycles. The van der Waals surface area contributed by atoms with Crippen molar-refractivity contribution in [1.82, 2.24) is 4.98 Å². The first kappa shape index (κ1) is 20.4. The number of carboxylic acids is 1. The number of unbranched alkanes of at least 4 members (excludes halogenated alkanes) is 2. The Kier molecular flexibility index (Phi) is 7.88. The lowest BCUT2D eigenvalue weighted by Gasteiger charge is -2.07. The van der Waals surface area contributed by atoms with E-state index >= 15 is 0 Å². The number of phenols is 1. The van der Waals surface area contributed by atoms with Gasteiger partial charge < -0.3 is 15.5 Å². The van der Waals surface area contributed by atoms with Gasteiger partial charge in [-0.15, -0.1) is 12.4 Å². The summed E-state index contributed by atoms with van der Waals surface area (Å²) in [4.78, 5) is 27.1. The molecule has 0 saturated carbocycles. The first-order chi connectivity index (χ1) is 11.5. The van der Waals surface area contributed by atoms with Gasteiger partial charge in [0, 0.05) is 18.0 Å². The normalized spacial score (nSPS) is 9.96. The van der Waals surface area contributed by atoms with Crippen LogP contribution in [0.2, 0.25) is 0 Å². The molecule has 1 amide bonds. The number of carbonyl (C=O) groups is 2. The molecule has 7 heteroatoms. The molecule has 1 aromatic heterocycles. The highest BCUT2D eigenvalue weighted by atomic mass is 35.5. The van der Waals surface area contributed by atoms with Crippen LogP contribution in [0.15, 0.2) is 36.5 Å². The van der Waals surface area contributed by atoms with Crippen LogP contribution in [-0.2, 0) is 6.42 Å². The second-order valence-electron chi connectivity index (χ2n) is 5.50. The fourth-order valence-corrected chi connectivity index (χ4v) is 2.27. The van der Waals surface area contributed by atoms with Gasteiger partial charge in [0.25, 0.3) is 5.91 Å². The molecule has 0 aliphatic heterocycles. The van der Waals surface area contributed by atoms with Crippen LogP contribution >= 0.6 is 12.4 Å². The standard InChI is InChI=1S/C18H20N2O4.ClH/c1-2-3-4-5-12-6-9-15(19-11-12)17(22)20-13-7-8-14(18(23)24)16(21)10-13;/h6-11,21H,2-5H2,1H3,(H,20,22)(H,23,24);1H. The van der Waals surface area contributed by atoms with Crippen molar-refractivity contribution in [3.63, 3.8) is 0 Å². The Balaban J connectivity index is 0.00000312. The molecule has 0 radical (unpaired) electrons. The molecule has 0 fully saturated rings. The maximum atomic E-state index is 12.1. The van der Waals surface area contributed by atoms with Gasteiger partial charge >= 0.3 is 5.97 Å². The summed E-state index contributed by atoms with van der Waals surface area (Å²) >= 11 is 0. The Hall–Kier alpha value is -2.60. The number of benzene rings is 1. The molecule has 25 heavy (non-hydrogen) atoms. The lowest BCUT2D eigenvalue weighted by atomic mass is 10.1. The number of aromatic nitrogens is 1. The third-order valence-corrected chi connectivity index (χ3v) is 3.61. The maximum absolute atomic E-state index is 12.1. The van der Waals surface area contributed by atoms with Crippen molar-refractivity contribution in [1.29, 1.82) is 0 Å². The molecule has 0 spiro atoms. The fraction of sp³-hybridized carbons (Fsp3) is 0.278. The summed E-state index contributed by atoms with van der Waals surface area (Å²) in [6.07, 6.45) is 6.04. The van der Waals surface area contributed by atoms with Gasteiger partial charge in [0.1, 0.15) is 17.0 Å². The number of nitrogens with one attached hydrogen (secondary N) is 1. The van der Waals surface area contributed by atoms with Gasteiger partial charge in [0.05, 0.1) is 0 Å². The third-order valence-electron chi connectivity index (χ3n) is 3.61. The SMILES string of the molecule is CCCCCc1ccc(C(=O)Nc2ccc(C(=O)O)c(O)c2)nc1.Cl. The number of aromatic hydroxyl groups is 1. The maximum Gasteiger partial charge on any atom is 0.339 e. The van der Waals surface area contributed by atoms with E-state index in [4.69, 9.17) is 5.11 Å².